The number of hydrogen-bond acceptors (Lipinski definition) is 6. The Morgan fingerprint density at radius 1 is 1.03 bits per heavy atom. The van der Waals surface area contributed by atoms with Crippen molar-refractivity contribution in [3.8, 4) is 5.75 Å². The number of carbonyl (C=O) groups excluding carboxylic acids is 1. The van der Waals surface area contributed by atoms with Crippen LogP contribution in [-0.2, 0) is 4.79 Å². The highest BCUT2D eigenvalue weighted by Gasteiger charge is 2.39. The Balaban J connectivity index is 1.50. The molecule has 3 heterocycles. The number of hydrogen-bond donors (Lipinski definition) is 2. The van der Waals surface area contributed by atoms with Crippen molar-refractivity contribution in [1.29, 1.82) is 0 Å². The maximum absolute atomic E-state index is 11.7. The number of phenols is 1. The lowest BCUT2D eigenvalue weighted by Crippen LogP contribution is -2.57. The average Bonchev–Trinajstić information content (AvgIpc) is 3.20. The van der Waals surface area contributed by atoms with Crippen molar-refractivity contribution in [3.63, 3.8) is 0 Å². The Bertz CT molecular complexity index is 1120. The van der Waals surface area contributed by atoms with Crippen molar-refractivity contribution in [2.24, 2.45) is 4.99 Å². The van der Waals surface area contributed by atoms with Crippen molar-refractivity contribution >= 4 is 34.7 Å². The number of amidine groups is 1. The smallest absolute Gasteiger partial charge is 0.219 e. The predicted octanol–water partition coefficient (Wildman–Crippen LogP) is 3.15. The Labute approximate surface area is 191 Å². The quantitative estimate of drug-likeness (QED) is 0.737. The zero-order valence-electron chi connectivity index (χ0n) is 17.7. The van der Waals surface area contributed by atoms with Crippen LogP contribution in [0, 0.1) is 0 Å². The Morgan fingerprint density at radius 3 is 2.34 bits per heavy atom. The number of nitrogens with zero attached hydrogens (tertiary/aromatic N) is 4. The molecule has 7 nitrogen and oxygen atoms in total. The zero-order valence-corrected chi connectivity index (χ0v) is 18.5. The van der Waals surface area contributed by atoms with Crippen LogP contribution in [0.5, 0.6) is 5.75 Å². The number of aliphatic imine (C=N–C) groups is 1. The number of benzene rings is 2. The van der Waals surface area contributed by atoms with E-state index in [9.17, 15) is 9.90 Å². The molecule has 164 valence electrons. The van der Waals surface area contributed by atoms with E-state index in [1.54, 1.807) is 19.1 Å². The molecule has 0 radical (unpaired) electrons. The van der Waals surface area contributed by atoms with Crippen LogP contribution in [-0.4, -0.2) is 63.9 Å². The second-order valence-corrected chi connectivity index (χ2v) is 8.45. The summed E-state index contributed by atoms with van der Waals surface area (Å²) in [7, 11) is 0. The zero-order chi connectivity index (χ0) is 22.2. The highest BCUT2D eigenvalue weighted by molar-refractivity contribution is 6.30. The van der Waals surface area contributed by atoms with Crippen LogP contribution in [0.2, 0.25) is 5.02 Å². The topological polar surface area (TPSA) is 71.4 Å². The minimum Gasteiger partial charge on any atom is -0.508 e. The molecule has 1 amide bonds. The highest BCUT2D eigenvalue weighted by atomic mass is 35.5. The van der Waals surface area contributed by atoms with Gasteiger partial charge < -0.3 is 25.1 Å². The molecule has 5 rings (SSSR count). The van der Waals surface area contributed by atoms with Gasteiger partial charge in [0.25, 0.3) is 0 Å². The molecule has 0 spiro atoms. The third-order valence-corrected chi connectivity index (χ3v) is 6.31. The molecule has 1 unspecified atom stereocenters. The largest absolute Gasteiger partial charge is 0.508 e. The first-order valence-corrected chi connectivity index (χ1v) is 11.0. The second kappa shape index (κ2) is 8.24. The van der Waals surface area contributed by atoms with Gasteiger partial charge in [0.2, 0.25) is 5.91 Å². The lowest BCUT2D eigenvalue weighted by atomic mass is 10.1. The lowest BCUT2D eigenvalue weighted by molar-refractivity contribution is -0.130. The van der Waals surface area contributed by atoms with Gasteiger partial charge in [-0.05, 0) is 42.0 Å². The minimum absolute atomic E-state index is 0.108. The van der Waals surface area contributed by atoms with Gasteiger partial charge in [0, 0.05) is 56.1 Å². The third-order valence-electron chi connectivity index (χ3n) is 6.06. The molecule has 2 aromatic rings. The summed E-state index contributed by atoms with van der Waals surface area (Å²) < 4.78 is 0. The van der Waals surface area contributed by atoms with Crippen molar-refractivity contribution in [3.05, 3.63) is 77.1 Å². The van der Waals surface area contributed by atoms with E-state index in [0.29, 0.717) is 18.1 Å². The van der Waals surface area contributed by atoms with E-state index in [1.807, 2.05) is 53.7 Å². The van der Waals surface area contributed by atoms with Gasteiger partial charge in [0.15, 0.2) is 6.17 Å². The number of piperazine rings is 1. The lowest BCUT2D eigenvalue weighted by Gasteiger charge is -2.40. The summed E-state index contributed by atoms with van der Waals surface area (Å²) in [5, 5.41) is 14.1. The molecule has 0 aromatic heterocycles. The van der Waals surface area contributed by atoms with Gasteiger partial charge in [-0.15, -0.1) is 0 Å². The van der Waals surface area contributed by atoms with E-state index < -0.39 is 0 Å². The van der Waals surface area contributed by atoms with E-state index in [4.69, 9.17) is 16.6 Å². The van der Waals surface area contributed by atoms with E-state index in [0.717, 1.165) is 41.4 Å². The van der Waals surface area contributed by atoms with E-state index >= 15 is 0 Å². The van der Waals surface area contributed by atoms with E-state index in [2.05, 4.69) is 15.1 Å². The van der Waals surface area contributed by atoms with Crippen LogP contribution in [0.1, 0.15) is 18.1 Å². The van der Waals surface area contributed by atoms with Crippen molar-refractivity contribution in [2.45, 2.75) is 13.1 Å². The minimum atomic E-state index is -0.168. The molecule has 2 N–H and O–H groups in total. The van der Waals surface area contributed by atoms with Gasteiger partial charge in [-0.25, -0.2) is 4.99 Å². The summed E-state index contributed by atoms with van der Waals surface area (Å²) in [4.78, 5) is 22.7. The van der Waals surface area contributed by atoms with Gasteiger partial charge in [-0.3, -0.25) is 4.79 Å². The summed E-state index contributed by atoms with van der Waals surface area (Å²) in [6, 6.07) is 15.0. The van der Waals surface area contributed by atoms with Gasteiger partial charge in [-0.1, -0.05) is 23.7 Å². The molecular formula is C24H24ClN5O2. The Hall–Kier alpha value is -3.45. The maximum atomic E-state index is 11.7. The van der Waals surface area contributed by atoms with Gasteiger partial charge in [-0.2, -0.15) is 0 Å². The van der Waals surface area contributed by atoms with Crippen molar-refractivity contribution in [2.75, 3.05) is 26.2 Å². The number of phenolic OH excluding ortho intramolecular Hbond substituents is 1. The summed E-state index contributed by atoms with van der Waals surface area (Å²) in [5.41, 5.74) is 3.97. The Morgan fingerprint density at radius 2 is 1.69 bits per heavy atom. The highest BCUT2D eigenvalue weighted by Crippen LogP contribution is 2.37. The van der Waals surface area contributed by atoms with E-state index in [-0.39, 0.29) is 17.8 Å². The standard InChI is InChI=1S/C24H24ClN5O2/c1-16(31)28-12-14-29(15-13-28)23-24-27-21(17-2-6-19(25)7-3-17)22(30(24)11-10-26-23)18-4-8-20(32)9-5-18/h2-11,24,27,32H,12-15H2,1H3. The number of halogens is 1. The molecule has 8 heteroatoms. The van der Waals surface area contributed by atoms with Gasteiger partial charge in [0.1, 0.15) is 11.6 Å². The molecule has 2 aromatic carbocycles. The van der Waals surface area contributed by atoms with Gasteiger partial charge in [0.05, 0.1) is 11.4 Å². The predicted molar refractivity (Wildman–Crippen MR) is 126 cm³/mol. The molecule has 1 atom stereocenters. The first-order chi connectivity index (χ1) is 15.5. The van der Waals surface area contributed by atoms with Crippen LogP contribution >= 0.6 is 11.6 Å². The first kappa shape index (κ1) is 20.5. The summed E-state index contributed by atoms with van der Waals surface area (Å²) in [6.45, 7) is 4.47. The number of aromatic hydroxyl groups is 1. The molecule has 0 saturated carbocycles. The van der Waals surface area contributed by atoms with Crippen LogP contribution in [0.3, 0.4) is 0 Å². The summed E-state index contributed by atoms with van der Waals surface area (Å²) in [6.07, 6.45) is 3.62. The number of fused-ring (bicyclic) bond motifs is 1. The summed E-state index contributed by atoms with van der Waals surface area (Å²) in [5.74, 6) is 1.26. The second-order valence-electron chi connectivity index (χ2n) is 8.01. The fourth-order valence-corrected chi connectivity index (χ4v) is 4.51. The molecule has 0 bridgehead atoms. The molecular weight excluding hydrogens is 426 g/mol. The first-order valence-electron chi connectivity index (χ1n) is 10.6. The van der Waals surface area contributed by atoms with Crippen LogP contribution in [0.4, 0.5) is 0 Å². The van der Waals surface area contributed by atoms with Crippen LogP contribution in [0.25, 0.3) is 11.4 Å². The normalized spacial score (nSPS) is 20.2. The van der Waals surface area contributed by atoms with Crippen LogP contribution < -0.4 is 5.32 Å². The number of carbonyl (C=O) groups is 1. The van der Waals surface area contributed by atoms with E-state index in [1.165, 1.54) is 0 Å². The molecule has 1 fully saturated rings. The summed E-state index contributed by atoms with van der Waals surface area (Å²) >= 11 is 6.13. The molecule has 1 saturated heterocycles. The number of nitrogens with one attached hydrogen (secondary N) is 1. The van der Waals surface area contributed by atoms with Crippen molar-refractivity contribution in [1.82, 2.24) is 20.0 Å². The van der Waals surface area contributed by atoms with Crippen molar-refractivity contribution < 1.29 is 9.90 Å². The maximum Gasteiger partial charge on any atom is 0.219 e. The SMILES string of the molecule is CC(=O)N1CCN(C2=NC=CN3C(c4ccc(O)cc4)=C(c4ccc(Cl)cc4)NC23)CC1. The molecule has 32 heavy (non-hydrogen) atoms. The fraction of sp³-hybridized carbons (Fsp3) is 0.250. The Kier molecular flexibility index (Phi) is 5.27. The third kappa shape index (κ3) is 3.69. The molecule has 3 aliphatic rings. The number of amides is 1. The van der Waals surface area contributed by atoms with Crippen LogP contribution in [0.15, 0.2) is 65.9 Å². The fourth-order valence-electron chi connectivity index (χ4n) is 4.39. The monoisotopic (exact) mass is 449 g/mol. The number of rotatable bonds is 2. The molecule has 3 aliphatic heterocycles. The van der Waals surface area contributed by atoms with Gasteiger partial charge >= 0.3 is 0 Å². The molecule has 0 aliphatic carbocycles. The average molecular weight is 450 g/mol.